The first-order chi connectivity index (χ1) is 11.8. The Morgan fingerprint density at radius 2 is 2.00 bits per heavy atom. The molecule has 3 N–H and O–H groups in total. The second-order valence-corrected chi connectivity index (χ2v) is 7.93. The number of nitro groups is 1. The van der Waals surface area contributed by atoms with Crippen LogP contribution in [0.1, 0.15) is 18.4 Å². The van der Waals surface area contributed by atoms with Crippen molar-refractivity contribution in [2.45, 2.75) is 18.6 Å². The van der Waals surface area contributed by atoms with Crippen molar-refractivity contribution < 1.29 is 18.1 Å². The zero-order valence-electron chi connectivity index (χ0n) is 14.2. The van der Waals surface area contributed by atoms with Gasteiger partial charge in [-0.05, 0) is 18.4 Å². The molecule has 1 aromatic carbocycles. The molecule has 0 spiro atoms. The standard InChI is InChI=1S/C15H22N4O5S.ClH/c16-7-8-17-15(20)13-2-1-9-18(10-13)25(23,24)11-12-3-5-14(6-4-12)19(21)22;/h3-6,13H,1-2,7-11,16H2,(H,17,20);1H. The van der Waals surface area contributed by atoms with Gasteiger partial charge in [0, 0.05) is 38.3 Å². The van der Waals surface area contributed by atoms with Crippen LogP contribution in [-0.4, -0.2) is 49.7 Å². The number of piperidine rings is 1. The Bertz CT molecular complexity index is 726. The summed E-state index contributed by atoms with van der Waals surface area (Å²) >= 11 is 0. The molecule has 1 aromatic rings. The van der Waals surface area contributed by atoms with E-state index in [2.05, 4.69) is 5.32 Å². The van der Waals surface area contributed by atoms with E-state index in [1.807, 2.05) is 0 Å². The van der Waals surface area contributed by atoms with E-state index in [0.717, 1.165) is 0 Å². The molecule has 1 aliphatic rings. The van der Waals surface area contributed by atoms with E-state index in [1.54, 1.807) is 0 Å². The molecule has 1 aliphatic heterocycles. The lowest BCUT2D eigenvalue weighted by molar-refractivity contribution is -0.384. The predicted octanol–water partition coefficient (Wildman–Crippen LogP) is 0.633. The Kier molecular flexibility index (Phi) is 8.41. The number of amides is 1. The Labute approximate surface area is 158 Å². The molecule has 1 amide bonds. The number of nitrogens with zero attached hydrogens (tertiary/aromatic N) is 2. The summed E-state index contributed by atoms with van der Waals surface area (Å²) in [6.07, 6.45) is 1.25. The third kappa shape index (κ3) is 5.90. The summed E-state index contributed by atoms with van der Waals surface area (Å²) in [5.41, 5.74) is 5.74. The van der Waals surface area contributed by atoms with Crippen LogP contribution >= 0.6 is 12.4 Å². The highest BCUT2D eigenvalue weighted by Crippen LogP contribution is 2.22. The van der Waals surface area contributed by atoms with Gasteiger partial charge in [-0.1, -0.05) is 12.1 Å². The summed E-state index contributed by atoms with van der Waals surface area (Å²) in [4.78, 5) is 22.2. The number of carbonyl (C=O) groups is 1. The molecular weight excluding hydrogens is 384 g/mol. The van der Waals surface area contributed by atoms with Gasteiger partial charge < -0.3 is 11.1 Å². The van der Waals surface area contributed by atoms with Gasteiger partial charge in [0.25, 0.3) is 5.69 Å². The lowest BCUT2D eigenvalue weighted by atomic mass is 9.99. The fraction of sp³-hybridized carbons (Fsp3) is 0.533. The van der Waals surface area contributed by atoms with Gasteiger partial charge in [-0.3, -0.25) is 14.9 Å². The third-order valence-electron chi connectivity index (χ3n) is 4.09. The monoisotopic (exact) mass is 406 g/mol. The van der Waals surface area contributed by atoms with Crippen LogP contribution in [0, 0.1) is 16.0 Å². The molecule has 11 heteroatoms. The summed E-state index contributed by atoms with van der Waals surface area (Å²) in [5.74, 6) is -0.810. The Morgan fingerprint density at radius 3 is 2.58 bits per heavy atom. The first-order valence-corrected chi connectivity index (χ1v) is 9.63. The van der Waals surface area contributed by atoms with E-state index >= 15 is 0 Å². The quantitative estimate of drug-likeness (QED) is 0.503. The average Bonchev–Trinajstić information content (AvgIpc) is 2.60. The van der Waals surface area contributed by atoms with Gasteiger partial charge in [-0.2, -0.15) is 0 Å². The third-order valence-corrected chi connectivity index (χ3v) is 5.90. The molecule has 1 atom stereocenters. The molecule has 9 nitrogen and oxygen atoms in total. The number of carbonyl (C=O) groups excluding carboxylic acids is 1. The zero-order chi connectivity index (χ0) is 18.4. The van der Waals surface area contributed by atoms with E-state index in [0.29, 0.717) is 38.0 Å². The number of hydrogen-bond acceptors (Lipinski definition) is 6. The molecular formula is C15H23ClN4O5S. The van der Waals surface area contributed by atoms with E-state index < -0.39 is 14.9 Å². The van der Waals surface area contributed by atoms with Crippen LogP contribution in [0.5, 0.6) is 0 Å². The maximum absolute atomic E-state index is 12.6. The molecule has 146 valence electrons. The fourth-order valence-corrected chi connectivity index (χ4v) is 4.38. The van der Waals surface area contributed by atoms with Crippen LogP contribution in [0.15, 0.2) is 24.3 Å². The van der Waals surface area contributed by atoms with Crippen molar-refractivity contribution in [1.82, 2.24) is 9.62 Å². The van der Waals surface area contributed by atoms with Gasteiger partial charge in [-0.15, -0.1) is 12.4 Å². The summed E-state index contributed by atoms with van der Waals surface area (Å²) in [5, 5.41) is 13.3. The number of hydrogen-bond donors (Lipinski definition) is 2. The molecule has 0 aromatic heterocycles. The smallest absolute Gasteiger partial charge is 0.269 e. The van der Waals surface area contributed by atoms with Crippen molar-refractivity contribution in [3.63, 3.8) is 0 Å². The topological polar surface area (TPSA) is 136 Å². The number of halogens is 1. The fourth-order valence-electron chi connectivity index (χ4n) is 2.76. The number of nitro benzene ring substituents is 1. The molecule has 1 saturated heterocycles. The van der Waals surface area contributed by atoms with Crippen molar-refractivity contribution in [3.05, 3.63) is 39.9 Å². The molecule has 1 heterocycles. The summed E-state index contributed by atoms with van der Waals surface area (Å²) < 4.78 is 26.5. The zero-order valence-corrected chi connectivity index (χ0v) is 15.8. The summed E-state index contributed by atoms with van der Waals surface area (Å²) in [6, 6.07) is 5.43. The van der Waals surface area contributed by atoms with Crippen LogP contribution < -0.4 is 11.1 Å². The van der Waals surface area contributed by atoms with Gasteiger partial charge in [0.15, 0.2) is 0 Å². The van der Waals surface area contributed by atoms with Crippen LogP contribution in [-0.2, 0) is 20.6 Å². The minimum Gasteiger partial charge on any atom is -0.355 e. The molecule has 0 aliphatic carbocycles. The van der Waals surface area contributed by atoms with Gasteiger partial charge in [-0.25, -0.2) is 12.7 Å². The van der Waals surface area contributed by atoms with E-state index in [9.17, 15) is 23.3 Å². The van der Waals surface area contributed by atoms with Crippen molar-refractivity contribution >= 4 is 34.0 Å². The van der Waals surface area contributed by atoms with Gasteiger partial charge in [0.1, 0.15) is 0 Å². The van der Waals surface area contributed by atoms with Crippen LogP contribution in [0.4, 0.5) is 5.69 Å². The Hall–Kier alpha value is -1.75. The highest BCUT2D eigenvalue weighted by molar-refractivity contribution is 7.88. The maximum atomic E-state index is 12.6. The number of rotatable bonds is 7. The number of benzene rings is 1. The van der Waals surface area contributed by atoms with Gasteiger partial charge in [0.2, 0.25) is 15.9 Å². The minimum absolute atomic E-state index is 0. The predicted molar refractivity (Wildman–Crippen MR) is 99.3 cm³/mol. The molecule has 0 saturated carbocycles. The molecule has 1 unspecified atom stereocenters. The largest absolute Gasteiger partial charge is 0.355 e. The molecule has 2 rings (SSSR count). The van der Waals surface area contributed by atoms with Crippen LogP contribution in [0.2, 0.25) is 0 Å². The molecule has 0 bridgehead atoms. The minimum atomic E-state index is -3.60. The number of nitrogens with two attached hydrogens (primary N) is 1. The summed E-state index contributed by atoms with van der Waals surface area (Å²) in [6.45, 7) is 1.22. The lowest BCUT2D eigenvalue weighted by Gasteiger charge is -2.31. The molecule has 0 radical (unpaired) electrons. The van der Waals surface area contributed by atoms with Crippen molar-refractivity contribution in [2.24, 2.45) is 11.7 Å². The Balaban J connectivity index is 0.00000338. The maximum Gasteiger partial charge on any atom is 0.269 e. The molecule has 1 fully saturated rings. The van der Waals surface area contributed by atoms with E-state index in [4.69, 9.17) is 5.73 Å². The van der Waals surface area contributed by atoms with E-state index in [1.165, 1.54) is 28.6 Å². The van der Waals surface area contributed by atoms with Gasteiger partial charge in [0.05, 0.1) is 16.6 Å². The van der Waals surface area contributed by atoms with Crippen LogP contribution in [0.25, 0.3) is 0 Å². The molecule has 26 heavy (non-hydrogen) atoms. The normalized spacial score (nSPS) is 18.0. The summed E-state index contributed by atoms with van der Waals surface area (Å²) in [7, 11) is -3.60. The highest BCUT2D eigenvalue weighted by Gasteiger charge is 2.32. The SMILES string of the molecule is Cl.NCCNC(=O)C1CCCN(S(=O)(=O)Cc2ccc([N+](=O)[O-])cc2)C1. The number of sulfonamides is 1. The van der Waals surface area contributed by atoms with Crippen molar-refractivity contribution in [2.75, 3.05) is 26.2 Å². The second-order valence-electron chi connectivity index (χ2n) is 5.96. The second kappa shape index (κ2) is 9.81. The highest BCUT2D eigenvalue weighted by atomic mass is 35.5. The van der Waals surface area contributed by atoms with Crippen molar-refractivity contribution in [1.29, 1.82) is 0 Å². The number of non-ortho nitro benzene ring substituents is 1. The lowest BCUT2D eigenvalue weighted by Crippen LogP contribution is -2.46. The number of nitrogens with one attached hydrogen (secondary N) is 1. The first-order valence-electron chi connectivity index (χ1n) is 8.02. The van der Waals surface area contributed by atoms with Crippen molar-refractivity contribution in [3.8, 4) is 0 Å². The Morgan fingerprint density at radius 1 is 1.35 bits per heavy atom. The van der Waals surface area contributed by atoms with E-state index in [-0.39, 0.29) is 42.2 Å². The van der Waals surface area contributed by atoms with Gasteiger partial charge >= 0.3 is 0 Å². The first kappa shape index (κ1) is 22.3. The van der Waals surface area contributed by atoms with Crippen LogP contribution in [0.3, 0.4) is 0 Å². The average molecular weight is 407 g/mol.